The van der Waals surface area contributed by atoms with Gasteiger partial charge in [0.25, 0.3) is 5.91 Å². The maximum Gasteiger partial charge on any atom is 0.319 e. The van der Waals surface area contributed by atoms with Gasteiger partial charge < -0.3 is 20.7 Å². The molecule has 3 aromatic rings. The molecule has 0 aliphatic heterocycles. The first-order chi connectivity index (χ1) is 14.1. The summed E-state index contributed by atoms with van der Waals surface area (Å²) in [4.78, 5) is 24.0. The van der Waals surface area contributed by atoms with Crippen LogP contribution in [0.5, 0.6) is 5.75 Å². The highest BCUT2D eigenvalue weighted by Gasteiger charge is 2.11. The highest BCUT2D eigenvalue weighted by atomic mass is 16.5. The van der Waals surface area contributed by atoms with Gasteiger partial charge in [-0.1, -0.05) is 18.2 Å². The molecule has 3 rings (SSSR count). The molecule has 0 fully saturated rings. The summed E-state index contributed by atoms with van der Waals surface area (Å²) in [6.07, 6.45) is 4.35. The van der Waals surface area contributed by atoms with E-state index in [0.717, 1.165) is 11.3 Å². The lowest BCUT2D eigenvalue weighted by Gasteiger charge is -2.12. The summed E-state index contributed by atoms with van der Waals surface area (Å²) in [5.74, 6) is 0.225. The van der Waals surface area contributed by atoms with Crippen molar-refractivity contribution in [1.29, 1.82) is 0 Å². The average molecular weight is 393 g/mol. The fourth-order valence-corrected chi connectivity index (χ4v) is 2.79. The molecule has 0 saturated heterocycles. The van der Waals surface area contributed by atoms with Crippen molar-refractivity contribution < 1.29 is 14.3 Å². The van der Waals surface area contributed by atoms with E-state index < -0.39 is 0 Å². The van der Waals surface area contributed by atoms with Crippen LogP contribution in [0.25, 0.3) is 5.69 Å². The Balaban J connectivity index is 1.55. The van der Waals surface area contributed by atoms with E-state index in [1.54, 1.807) is 36.1 Å². The molecule has 0 aliphatic carbocycles. The average Bonchev–Trinajstić information content (AvgIpc) is 3.22. The molecule has 1 heterocycles. The third-order valence-electron chi connectivity index (χ3n) is 4.29. The van der Waals surface area contributed by atoms with Crippen molar-refractivity contribution in [3.8, 4) is 11.4 Å². The van der Waals surface area contributed by atoms with Crippen LogP contribution >= 0.6 is 0 Å². The lowest BCUT2D eigenvalue weighted by atomic mass is 10.1. The fourth-order valence-electron chi connectivity index (χ4n) is 2.79. The number of anilines is 1. The molecule has 2 aromatic carbocycles. The Labute approximate surface area is 168 Å². The minimum atomic E-state index is -0.382. The molecule has 0 aliphatic rings. The maximum absolute atomic E-state index is 12.2. The minimum Gasteiger partial charge on any atom is -0.495 e. The molecule has 0 bridgehead atoms. The van der Waals surface area contributed by atoms with E-state index in [0.29, 0.717) is 30.0 Å². The molecule has 29 heavy (non-hydrogen) atoms. The normalized spacial score (nSPS) is 10.3. The molecule has 0 unspecified atom stereocenters. The van der Waals surface area contributed by atoms with Crippen LogP contribution in [0.2, 0.25) is 0 Å². The van der Waals surface area contributed by atoms with E-state index in [9.17, 15) is 9.59 Å². The van der Waals surface area contributed by atoms with Gasteiger partial charge in [-0.3, -0.25) is 4.79 Å². The van der Waals surface area contributed by atoms with Crippen LogP contribution in [0.15, 0.2) is 60.9 Å². The van der Waals surface area contributed by atoms with Crippen LogP contribution in [0.1, 0.15) is 15.9 Å². The minimum absolute atomic E-state index is 0.244. The number of methoxy groups -OCH3 is 1. The number of hydrogen-bond donors (Lipinski definition) is 3. The van der Waals surface area contributed by atoms with Gasteiger partial charge in [-0.05, 0) is 42.3 Å². The molecule has 0 spiro atoms. The Morgan fingerprint density at radius 1 is 1.14 bits per heavy atom. The lowest BCUT2D eigenvalue weighted by molar-refractivity contribution is 0.0963. The van der Waals surface area contributed by atoms with Gasteiger partial charge in [-0.25, -0.2) is 9.48 Å². The number of aromatic nitrogens is 2. The number of rotatable bonds is 7. The zero-order valence-electron chi connectivity index (χ0n) is 16.3. The summed E-state index contributed by atoms with van der Waals surface area (Å²) in [5.41, 5.74) is 2.83. The lowest BCUT2D eigenvalue weighted by Crippen LogP contribution is -2.30. The Morgan fingerprint density at radius 3 is 2.66 bits per heavy atom. The third-order valence-corrected chi connectivity index (χ3v) is 4.29. The molecule has 3 N–H and O–H groups in total. The first-order valence-corrected chi connectivity index (χ1v) is 9.14. The van der Waals surface area contributed by atoms with Gasteiger partial charge in [-0.2, -0.15) is 5.10 Å². The summed E-state index contributed by atoms with van der Waals surface area (Å²) in [5, 5.41) is 12.4. The van der Waals surface area contributed by atoms with Gasteiger partial charge in [0.05, 0.1) is 24.7 Å². The topological polar surface area (TPSA) is 97.3 Å². The molecule has 0 atom stereocenters. The van der Waals surface area contributed by atoms with Crippen LogP contribution in [0, 0.1) is 0 Å². The predicted octanol–water partition coefficient (Wildman–Crippen LogP) is 2.60. The number of hydrogen-bond acceptors (Lipinski definition) is 4. The smallest absolute Gasteiger partial charge is 0.319 e. The molecule has 8 heteroatoms. The van der Waals surface area contributed by atoms with E-state index in [1.807, 2.05) is 36.5 Å². The van der Waals surface area contributed by atoms with Crippen LogP contribution in [-0.4, -0.2) is 42.4 Å². The SMILES string of the molecule is CNC(=O)c1ccc(OC)c(NC(=O)NCCc2cnn(-c3ccccc3)c2)c1. The Hall–Kier alpha value is -3.81. The number of amides is 3. The summed E-state index contributed by atoms with van der Waals surface area (Å²) in [7, 11) is 3.05. The van der Waals surface area contributed by atoms with Crippen molar-refractivity contribution >= 4 is 17.6 Å². The van der Waals surface area contributed by atoms with Crippen molar-refractivity contribution in [2.24, 2.45) is 0 Å². The van der Waals surface area contributed by atoms with Gasteiger partial charge in [0, 0.05) is 25.4 Å². The number of nitrogens with one attached hydrogen (secondary N) is 3. The number of para-hydroxylation sites is 1. The summed E-state index contributed by atoms with van der Waals surface area (Å²) >= 11 is 0. The third kappa shape index (κ3) is 5.13. The van der Waals surface area contributed by atoms with Crippen molar-refractivity contribution in [1.82, 2.24) is 20.4 Å². The van der Waals surface area contributed by atoms with Crippen LogP contribution < -0.4 is 20.7 Å². The molecule has 150 valence electrons. The Bertz CT molecular complexity index is 985. The summed E-state index contributed by atoms with van der Waals surface area (Å²) in [6, 6.07) is 14.3. The van der Waals surface area contributed by atoms with E-state index in [1.165, 1.54) is 7.11 Å². The fraction of sp³-hybridized carbons (Fsp3) is 0.190. The highest BCUT2D eigenvalue weighted by Crippen LogP contribution is 2.25. The Morgan fingerprint density at radius 2 is 1.93 bits per heavy atom. The molecular formula is C21H23N5O3. The van der Waals surface area contributed by atoms with Crippen molar-refractivity contribution in [3.63, 3.8) is 0 Å². The number of carbonyl (C=O) groups excluding carboxylic acids is 2. The quantitative estimate of drug-likeness (QED) is 0.575. The van der Waals surface area contributed by atoms with Crippen LogP contribution in [0.4, 0.5) is 10.5 Å². The number of urea groups is 1. The second-order valence-corrected chi connectivity index (χ2v) is 6.25. The standard InChI is InChI=1S/C21H23N5O3/c1-22-20(27)16-8-9-19(29-2)18(12-16)25-21(28)23-11-10-15-13-24-26(14-15)17-6-4-3-5-7-17/h3-9,12-14H,10-11H2,1-2H3,(H,22,27)(H2,23,25,28). The zero-order chi connectivity index (χ0) is 20.6. The second kappa shape index (κ2) is 9.41. The zero-order valence-corrected chi connectivity index (χ0v) is 16.3. The molecule has 1 aromatic heterocycles. The molecular weight excluding hydrogens is 370 g/mol. The molecule has 8 nitrogen and oxygen atoms in total. The monoisotopic (exact) mass is 393 g/mol. The largest absolute Gasteiger partial charge is 0.495 e. The van der Waals surface area contributed by atoms with E-state index >= 15 is 0 Å². The highest BCUT2D eigenvalue weighted by molar-refractivity contribution is 5.97. The first-order valence-electron chi connectivity index (χ1n) is 9.14. The van der Waals surface area contributed by atoms with Gasteiger partial charge in [0.1, 0.15) is 5.75 Å². The molecule has 0 radical (unpaired) electrons. The van der Waals surface area contributed by atoms with Crippen molar-refractivity contribution in [3.05, 3.63) is 72.1 Å². The predicted molar refractivity (Wildman–Crippen MR) is 111 cm³/mol. The van der Waals surface area contributed by atoms with Gasteiger partial charge in [-0.15, -0.1) is 0 Å². The maximum atomic E-state index is 12.2. The number of nitrogens with zero attached hydrogens (tertiary/aromatic N) is 2. The van der Waals surface area contributed by atoms with E-state index in [-0.39, 0.29) is 11.9 Å². The number of ether oxygens (including phenoxy) is 1. The molecule has 3 amide bonds. The number of carbonyl (C=O) groups is 2. The summed E-state index contributed by atoms with van der Waals surface area (Å²) in [6.45, 7) is 0.434. The first kappa shape index (κ1) is 19.9. The van der Waals surface area contributed by atoms with E-state index in [2.05, 4.69) is 21.0 Å². The van der Waals surface area contributed by atoms with Crippen LogP contribution in [0.3, 0.4) is 0 Å². The van der Waals surface area contributed by atoms with Gasteiger partial charge >= 0.3 is 6.03 Å². The van der Waals surface area contributed by atoms with Crippen LogP contribution in [-0.2, 0) is 6.42 Å². The number of benzene rings is 2. The van der Waals surface area contributed by atoms with Crippen molar-refractivity contribution in [2.75, 3.05) is 26.0 Å². The Kier molecular flexibility index (Phi) is 6.47. The molecule has 0 saturated carbocycles. The van der Waals surface area contributed by atoms with Gasteiger partial charge in [0.15, 0.2) is 0 Å². The second-order valence-electron chi connectivity index (χ2n) is 6.25. The van der Waals surface area contributed by atoms with Gasteiger partial charge in [0.2, 0.25) is 0 Å². The van der Waals surface area contributed by atoms with E-state index in [4.69, 9.17) is 4.74 Å². The van der Waals surface area contributed by atoms with Crippen molar-refractivity contribution in [2.45, 2.75) is 6.42 Å². The summed E-state index contributed by atoms with van der Waals surface area (Å²) < 4.78 is 7.04.